The summed E-state index contributed by atoms with van der Waals surface area (Å²) in [5, 5.41) is 0. The molecule has 1 aliphatic heterocycles. The fraction of sp³-hybridized carbons (Fsp3) is 0.294. The Morgan fingerprint density at radius 3 is 2.54 bits per heavy atom. The van der Waals surface area contributed by atoms with Gasteiger partial charge in [-0.25, -0.2) is 0 Å². The first-order chi connectivity index (χ1) is 11.4. The Morgan fingerprint density at radius 2 is 1.92 bits per heavy atom. The third kappa shape index (κ3) is 3.56. The van der Waals surface area contributed by atoms with Gasteiger partial charge in [-0.2, -0.15) is 13.2 Å². The maximum atomic E-state index is 12.5. The monoisotopic (exact) mass is 336 g/mol. The predicted octanol–water partition coefficient (Wildman–Crippen LogP) is 3.31. The fourth-order valence-electron chi connectivity index (χ4n) is 2.57. The zero-order chi connectivity index (χ0) is 17.2. The SMILES string of the molecule is O=C(c1ccc(C(F)(F)F)nc1)N1CCOC(c2ccccc2)C1. The molecule has 0 aliphatic carbocycles. The molecule has 0 bridgehead atoms. The normalized spacial score (nSPS) is 18.5. The average Bonchev–Trinajstić information content (AvgIpc) is 2.61. The second-order valence-electron chi connectivity index (χ2n) is 5.45. The number of halogens is 3. The van der Waals surface area contributed by atoms with Crippen LogP contribution in [0.1, 0.15) is 27.7 Å². The van der Waals surface area contributed by atoms with Crippen LogP contribution in [0.4, 0.5) is 13.2 Å². The Bertz CT molecular complexity index is 702. The number of aromatic nitrogens is 1. The molecule has 1 aromatic heterocycles. The molecule has 1 atom stereocenters. The zero-order valence-corrected chi connectivity index (χ0v) is 12.7. The van der Waals surface area contributed by atoms with Gasteiger partial charge in [-0.1, -0.05) is 30.3 Å². The van der Waals surface area contributed by atoms with Gasteiger partial charge >= 0.3 is 6.18 Å². The number of rotatable bonds is 2. The fourth-order valence-corrected chi connectivity index (χ4v) is 2.57. The zero-order valence-electron chi connectivity index (χ0n) is 12.7. The van der Waals surface area contributed by atoms with Crippen molar-refractivity contribution in [1.29, 1.82) is 0 Å². The van der Waals surface area contributed by atoms with Gasteiger partial charge in [0.05, 0.1) is 18.7 Å². The summed E-state index contributed by atoms with van der Waals surface area (Å²) < 4.78 is 43.3. The molecule has 126 valence electrons. The van der Waals surface area contributed by atoms with Gasteiger partial charge in [-0.3, -0.25) is 9.78 Å². The van der Waals surface area contributed by atoms with Crippen molar-refractivity contribution in [3.05, 3.63) is 65.5 Å². The molecule has 4 nitrogen and oxygen atoms in total. The standard InChI is InChI=1S/C17H15F3N2O2/c18-17(19,20)15-7-6-13(10-21-15)16(23)22-8-9-24-14(11-22)12-4-2-1-3-5-12/h1-7,10,14H,8-9,11H2. The van der Waals surface area contributed by atoms with Crippen molar-refractivity contribution in [3.63, 3.8) is 0 Å². The highest BCUT2D eigenvalue weighted by molar-refractivity contribution is 5.94. The lowest BCUT2D eigenvalue weighted by atomic mass is 10.1. The van der Waals surface area contributed by atoms with Gasteiger partial charge in [0.15, 0.2) is 0 Å². The molecule has 1 aliphatic rings. The molecule has 1 aromatic carbocycles. The van der Waals surface area contributed by atoms with Crippen LogP contribution < -0.4 is 0 Å². The van der Waals surface area contributed by atoms with E-state index in [1.807, 2.05) is 30.3 Å². The summed E-state index contributed by atoms with van der Waals surface area (Å²) in [5.74, 6) is -0.347. The number of hydrogen-bond acceptors (Lipinski definition) is 3. The first-order valence-electron chi connectivity index (χ1n) is 7.44. The number of pyridine rings is 1. The van der Waals surface area contributed by atoms with Crippen LogP contribution in [0.5, 0.6) is 0 Å². The highest BCUT2D eigenvalue weighted by atomic mass is 19.4. The molecule has 1 saturated heterocycles. The number of alkyl halides is 3. The molecule has 0 N–H and O–H groups in total. The summed E-state index contributed by atoms with van der Waals surface area (Å²) in [6.07, 6.45) is -3.79. The summed E-state index contributed by atoms with van der Waals surface area (Å²) in [6, 6.07) is 11.5. The van der Waals surface area contributed by atoms with E-state index in [1.54, 1.807) is 4.90 Å². The maximum absolute atomic E-state index is 12.5. The van der Waals surface area contributed by atoms with E-state index in [0.717, 1.165) is 23.9 Å². The quantitative estimate of drug-likeness (QED) is 0.845. The molecule has 24 heavy (non-hydrogen) atoms. The lowest BCUT2D eigenvalue weighted by molar-refractivity contribution is -0.141. The number of amides is 1. The third-order valence-corrected chi connectivity index (χ3v) is 3.83. The Kier molecular flexibility index (Phi) is 4.53. The van der Waals surface area contributed by atoms with Crippen molar-refractivity contribution < 1.29 is 22.7 Å². The summed E-state index contributed by atoms with van der Waals surface area (Å²) in [4.78, 5) is 17.4. The second-order valence-corrected chi connectivity index (χ2v) is 5.45. The van der Waals surface area contributed by atoms with E-state index < -0.39 is 11.9 Å². The van der Waals surface area contributed by atoms with Crippen LogP contribution in [0.3, 0.4) is 0 Å². The van der Waals surface area contributed by atoms with Gasteiger partial charge in [-0.05, 0) is 17.7 Å². The smallest absolute Gasteiger partial charge is 0.370 e. The Morgan fingerprint density at radius 1 is 1.17 bits per heavy atom. The topological polar surface area (TPSA) is 42.4 Å². The predicted molar refractivity (Wildman–Crippen MR) is 80.3 cm³/mol. The van der Waals surface area contributed by atoms with Gasteiger partial charge in [0.2, 0.25) is 0 Å². The van der Waals surface area contributed by atoms with Gasteiger partial charge in [0, 0.05) is 12.7 Å². The minimum Gasteiger partial charge on any atom is -0.370 e. The van der Waals surface area contributed by atoms with E-state index in [0.29, 0.717) is 19.7 Å². The number of nitrogens with zero attached hydrogens (tertiary/aromatic N) is 2. The third-order valence-electron chi connectivity index (χ3n) is 3.83. The van der Waals surface area contributed by atoms with Crippen molar-refractivity contribution in [2.24, 2.45) is 0 Å². The summed E-state index contributed by atoms with van der Waals surface area (Å²) in [6.45, 7) is 1.12. The van der Waals surface area contributed by atoms with Crippen molar-refractivity contribution >= 4 is 5.91 Å². The van der Waals surface area contributed by atoms with Crippen LogP contribution in [0.2, 0.25) is 0 Å². The number of benzene rings is 1. The average molecular weight is 336 g/mol. The van der Waals surface area contributed by atoms with Gasteiger partial charge in [-0.15, -0.1) is 0 Å². The largest absolute Gasteiger partial charge is 0.433 e. The molecular weight excluding hydrogens is 321 g/mol. The van der Waals surface area contributed by atoms with Crippen LogP contribution in [-0.4, -0.2) is 35.5 Å². The summed E-state index contributed by atoms with van der Waals surface area (Å²) in [7, 11) is 0. The van der Waals surface area contributed by atoms with E-state index in [9.17, 15) is 18.0 Å². The number of carbonyl (C=O) groups excluding carboxylic acids is 1. The van der Waals surface area contributed by atoms with Crippen molar-refractivity contribution in [1.82, 2.24) is 9.88 Å². The van der Waals surface area contributed by atoms with Crippen LogP contribution in [0.25, 0.3) is 0 Å². The molecule has 2 aromatic rings. The van der Waals surface area contributed by atoms with Crippen molar-refractivity contribution in [2.45, 2.75) is 12.3 Å². The van der Waals surface area contributed by atoms with Crippen LogP contribution >= 0.6 is 0 Å². The molecule has 1 unspecified atom stereocenters. The van der Waals surface area contributed by atoms with Crippen molar-refractivity contribution in [3.8, 4) is 0 Å². The molecule has 1 fully saturated rings. The molecule has 0 saturated carbocycles. The van der Waals surface area contributed by atoms with Gasteiger partial charge in [0.25, 0.3) is 5.91 Å². The molecule has 0 radical (unpaired) electrons. The minimum atomic E-state index is -4.51. The van der Waals surface area contributed by atoms with E-state index in [4.69, 9.17) is 4.74 Å². The molecule has 3 rings (SSSR count). The van der Waals surface area contributed by atoms with E-state index in [2.05, 4.69) is 4.98 Å². The highest BCUT2D eigenvalue weighted by Gasteiger charge is 2.33. The van der Waals surface area contributed by atoms with Gasteiger partial charge < -0.3 is 9.64 Å². The molecule has 7 heteroatoms. The van der Waals surface area contributed by atoms with Crippen LogP contribution in [0, 0.1) is 0 Å². The summed E-state index contributed by atoms with van der Waals surface area (Å²) >= 11 is 0. The highest BCUT2D eigenvalue weighted by Crippen LogP contribution is 2.28. The molecular formula is C17H15F3N2O2. The number of morpholine rings is 1. The lowest BCUT2D eigenvalue weighted by Crippen LogP contribution is -2.42. The first-order valence-corrected chi connectivity index (χ1v) is 7.44. The first kappa shape index (κ1) is 16.4. The molecule has 2 heterocycles. The van der Waals surface area contributed by atoms with Crippen molar-refractivity contribution in [2.75, 3.05) is 19.7 Å². The maximum Gasteiger partial charge on any atom is 0.433 e. The second kappa shape index (κ2) is 6.60. The summed E-state index contributed by atoms with van der Waals surface area (Å²) in [5.41, 5.74) is 0.0837. The minimum absolute atomic E-state index is 0.136. The molecule has 1 amide bonds. The van der Waals surface area contributed by atoms with E-state index in [-0.39, 0.29) is 17.6 Å². The van der Waals surface area contributed by atoms with E-state index in [1.165, 1.54) is 0 Å². The number of carbonyl (C=O) groups is 1. The van der Waals surface area contributed by atoms with Crippen LogP contribution in [-0.2, 0) is 10.9 Å². The van der Waals surface area contributed by atoms with Crippen LogP contribution in [0.15, 0.2) is 48.7 Å². The number of ether oxygens (including phenoxy) is 1. The Balaban J connectivity index is 1.73. The Labute approximate surface area is 136 Å². The Hall–Kier alpha value is -2.41. The lowest BCUT2D eigenvalue weighted by Gasteiger charge is -2.33. The number of hydrogen-bond donors (Lipinski definition) is 0. The van der Waals surface area contributed by atoms with Gasteiger partial charge in [0.1, 0.15) is 11.8 Å². The molecule has 0 spiro atoms. The van der Waals surface area contributed by atoms with E-state index >= 15 is 0 Å².